The molecule has 0 aromatic rings. The first-order chi connectivity index (χ1) is 44.4. The second-order valence-corrected chi connectivity index (χ2v) is 30.0. The van der Waals surface area contributed by atoms with Crippen molar-refractivity contribution in [2.24, 2.45) is 11.8 Å². The van der Waals surface area contributed by atoms with E-state index in [0.717, 1.165) is 108 Å². The number of ether oxygens (including phenoxy) is 4. The molecule has 0 radical (unpaired) electrons. The van der Waals surface area contributed by atoms with E-state index >= 15 is 0 Å². The summed E-state index contributed by atoms with van der Waals surface area (Å²) in [5, 5.41) is 10.6. The lowest BCUT2D eigenvalue weighted by Gasteiger charge is -2.21. The number of unbranched alkanes of at least 4 members (excludes halogenated alkanes) is 41. The quantitative estimate of drug-likeness (QED) is 0.0222. The first-order valence-electron chi connectivity index (χ1n) is 38.0. The summed E-state index contributed by atoms with van der Waals surface area (Å²) >= 11 is 0. The maximum Gasteiger partial charge on any atom is 0.472 e. The Hall–Kier alpha value is -1.94. The summed E-state index contributed by atoms with van der Waals surface area (Å²) in [4.78, 5) is 72.4. The van der Waals surface area contributed by atoms with Crippen molar-refractivity contribution in [3.63, 3.8) is 0 Å². The van der Waals surface area contributed by atoms with Crippen molar-refractivity contribution in [3.8, 4) is 0 Å². The maximum absolute atomic E-state index is 13.1. The number of aliphatic hydroxyl groups excluding tert-OH is 1. The summed E-state index contributed by atoms with van der Waals surface area (Å²) < 4.78 is 68.2. The Morgan fingerprint density at radius 3 is 0.826 bits per heavy atom. The lowest BCUT2D eigenvalue weighted by Crippen LogP contribution is -2.30. The highest BCUT2D eigenvalue weighted by Gasteiger charge is 2.30. The van der Waals surface area contributed by atoms with Crippen LogP contribution >= 0.6 is 15.6 Å². The molecular weight excluding hydrogens is 1210 g/mol. The fraction of sp³-hybridized carbons (Fsp3) is 0.945. The number of rotatable bonds is 72. The number of carbonyl (C=O) groups excluding carboxylic acids is 4. The van der Waals surface area contributed by atoms with Crippen molar-refractivity contribution < 1.29 is 80.2 Å². The zero-order valence-corrected chi connectivity index (χ0v) is 61.6. The number of phosphoric ester groups is 2. The van der Waals surface area contributed by atoms with Crippen molar-refractivity contribution >= 4 is 39.5 Å². The molecule has 0 heterocycles. The van der Waals surface area contributed by atoms with E-state index in [2.05, 4.69) is 41.5 Å². The Balaban J connectivity index is 5.14. The summed E-state index contributed by atoms with van der Waals surface area (Å²) in [6.07, 6.45) is 51.8. The normalized spacial score (nSPS) is 14.4. The van der Waals surface area contributed by atoms with Crippen molar-refractivity contribution in [2.45, 2.75) is 394 Å². The van der Waals surface area contributed by atoms with Crippen LogP contribution in [0.2, 0.25) is 0 Å². The molecule has 0 saturated carbocycles. The molecule has 0 aromatic carbocycles. The average Bonchev–Trinajstić information content (AvgIpc) is 3.25. The highest BCUT2D eigenvalue weighted by Crippen LogP contribution is 2.45. The molecule has 546 valence electrons. The average molecular weight is 1350 g/mol. The number of hydrogen-bond acceptors (Lipinski definition) is 15. The summed E-state index contributed by atoms with van der Waals surface area (Å²) in [6.45, 7) is 9.49. The number of aliphatic hydroxyl groups is 1. The Morgan fingerprint density at radius 2 is 0.554 bits per heavy atom. The predicted octanol–water partition coefficient (Wildman–Crippen LogP) is 21.2. The molecule has 0 rings (SSSR count). The Morgan fingerprint density at radius 1 is 0.315 bits per heavy atom. The van der Waals surface area contributed by atoms with E-state index < -0.39 is 97.5 Å². The highest BCUT2D eigenvalue weighted by atomic mass is 31.2. The zero-order chi connectivity index (χ0) is 67.9. The van der Waals surface area contributed by atoms with Crippen LogP contribution in [0.25, 0.3) is 0 Å². The van der Waals surface area contributed by atoms with Crippen LogP contribution in [-0.4, -0.2) is 96.7 Å². The fourth-order valence-corrected chi connectivity index (χ4v) is 12.7. The van der Waals surface area contributed by atoms with E-state index in [-0.39, 0.29) is 25.7 Å². The van der Waals surface area contributed by atoms with E-state index in [9.17, 15) is 43.2 Å². The van der Waals surface area contributed by atoms with Crippen LogP contribution in [0.1, 0.15) is 375 Å². The molecular formula is C73H142O17P2. The predicted molar refractivity (Wildman–Crippen MR) is 372 cm³/mol. The minimum atomic E-state index is -4.95. The fourth-order valence-electron chi connectivity index (χ4n) is 11.1. The molecule has 0 amide bonds. The number of hydrogen-bond donors (Lipinski definition) is 3. The summed E-state index contributed by atoms with van der Waals surface area (Å²) in [7, 11) is -9.89. The van der Waals surface area contributed by atoms with Gasteiger partial charge in [-0.05, 0) is 37.5 Å². The monoisotopic (exact) mass is 1350 g/mol. The molecule has 17 nitrogen and oxygen atoms in total. The lowest BCUT2D eigenvalue weighted by molar-refractivity contribution is -0.161. The van der Waals surface area contributed by atoms with Gasteiger partial charge in [-0.25, -0.2) is 9.13 Å². The van der Waals surface area contributed by atoms with E-state index in [4.69, 9.17) is 37.0 Å². The Kier molecular flexibility index (Phi) is 63.7. The molecule has 0 bridgehead atoms. The first-order valence-corrected chi connectivity index (χ1v) is 41.0. The molecule has 0 spiro atoms. The molecule has 0 aliphatic rings. The minimum Gasteiger partial charge on any atom is -0.462 e. The van der Waals surface area contributed by atoms with Crippen molar-refractivity contribution in [1.29, 1.82) is 0 Å². The second-order valence-electron chi connectivity index (χ2n) is 27.1. The maximum atomic E-state index is 13.1. The third-order valence-corrected chi connectivity index (χ3v) is 19.2. The van der Waals surface area contributed by atoms with Gasteiger partial charge in [0.2, 0.25) is 0 Å². The molecule has 3 unspecified atom stereocenters. The molecule has 0 fully saturated rings. The molecule has 92 heavy (non-hydrogen) atoms. The number of esters is 4. The van der Waals surface area contributed by atoms with Gasteiger partial charge in [-0.2, -0.15) is 0 Å². The third-order valence-electron chi connectivity index (χ3n) is 17.3. The standard InChI is InChI=1S/C73H142O17P2/c1-7-10-12-14-15-16-17-18-19-20-21-22-26-29-32-38-44-50-56-71(76)84-62-69(90-72(77)57-51-45-39-33-30-27-24-23-25-28-31-37-43-48-54-66(6)9-3)64-88-92(81,82)86-60-67(74)59-85-91(79,80)87-63-68(61-83-70(75)55-49-41-13-11-8-2)89-73(78)58-52-46-40-35-34-36-42-47-53-65(4)5/h65-69,74H,7-64H2,1-6H3,(H,79,80)(H,81,82)/t66?,67-,68+,69+/m0/s1. The van der Waals surface area contributed by atoms with Gasteiger partial charge in [-0.3, -0.25) is 37.3 Å². The van der Waals surface area contributed by atoms with Crippen molar-refractivity contribution in [2.75, 3.05) is 39.6 Å². The number of phosphoric acid groups is 2. The summed E-state index contributed by atoms with van der Waals surface area (Å²) in [5.41, 5.74) is 0. The van der Waals surface area contributed by atoms with E-state index in [1.165, 1.54) is 186 Å². The first kappa shape index (κ1) is 90.1. The topological polar surface area (TPSA) is 237 Å². The second kappa shape index (κ2) is 65.0. The molecule has 0 aliphatic carbocycles. The van der Waals surface area contributed by atoms with Gasteiger partial charge in [-0.15, -0.1) is 0 Å². The van der Waals surface area contributed by atoms with Gasteiger partial charge in [0.05, 0.1) is 26.4 Å². The van der Waals surface area contributed by atoms with Crippen LogP contribution in [0.5, 0.6) is 0 Å². The van der Waals surface area contributed by atoms with Gasteiger partial charge in [0.15, 0.2) is 12.2 Å². The van der Waals surface area contributed by atoms with Crippen LogP contribution in [0.15, 0.2) is 0 Å². The van der Waals surface area contributed by atoms with E-state index in [1.807, 2.05) is 0 Å². The largest absolute Gasteiger partial charge is 0.472 e. The van der Waals surface area contributed by atoms with Crippen molar-refractivity contribution in [1.82, 2.24) is 0 Å². The van der Waals surface area contributed by atoms with Gasteiger partial charge in [0.1, 0.15) is 19.3 Å². The Labute approximate surface area is 562 Å². The molecule has 0 saturated heterocycles. The molecule has 0 aliphatic heterocycles. The van der Waals surface area contributed by atoms with Gasteiger partial charge in [0.25, 0.3) is 0 Å². The molecule has 6 atom stereocenters. The molecule has 0 aromatic heterocycles. The van der Waals surface area contributed by atoms with Crippen LogP contribution in [0.3, 0.4) is 0 Å². The van der Waals surface area contributed by atoms with E-state index in [1.54, 1.807) is 0 Å². The van der Waals surface area contributed by atoms with E-state index in [0.29, 0.717) is 25.7 Å². The lowest BCUT2D eigenvalue weighted by atomic mass is 9.99. The van der Waals surface area contributed by atoms with Gasteiger partial charge in [-0.1, -0.05) is 324 Å². The number of carbonyl (C=O) groups is 4. The highest BCUT2D eigenvalue weighted by molar-refractivity contribution is 7.47. The zero-order valence-electron chi connectivity index (χ0n) is 59.9. The van der Waals surface area contributed by atoms with Crippen LogP contribution in [0.4, 0.5) is 0 Å². The van der Waals surface area contributed by atoms with Gasteiger partial charge in [0, 0.05) is 25.7 Å². The van der Waals surface area contributed by atoms with Crippen LogP contribution in [-0.2, 0) is 65.4 Å². The van der Waals surface area contributed by atoms with Crippen LogP contribution < -0.4 is 0 Å². The summed E-state index contributed by atoms with van der Waals surface area (Å²) in [6, 6.07) is 0. The van der Waals surface area contributed by atoms with Crippen LogP contribution in [0, 0.1) is 11.8 Å². The smallest absolute Gasteiger partial charge is 0.462 e. The minimum absolute atomic E-state index is 0.104. The summed E-state index contributed by atoms with van der Waals surface area (Å²) in [5.74, 6) is -0.568. The molecule has 3 N–H and O–H groups in total. The molecule has 19 heteroatoms. The van der Waals surface area contributed by atoms with Crippen molar-refractivity contribution in [3.05, 3.63) is 0 Å². The third kappa shape index (κ3) is 65.4. The van der Waals surface area contributed by atoms with Gasteiger partial charge >= 0.3 is 39.5 Å². The Bertz CT molecular complexity index is 1790. The van der Waals surface area contributed by atoms with Gasteiger partial charge < -0.3 is 33.8 Å². The SMILES string of the molecule is CCCCCCCCCCCCCCCCCCCCC(=O)OC[C@H](COP(=O)(O)OC[C@@H](O)COP(=O)(O)OC[C@@H](COC(=O)CCCCCCC)OC(=O)CCCCCCCCCCC(C)C)OC(=O)CCCCCCCCCCCCCCCCC(C)CC.